The van der Waals surface area contributed by atoms with E-state index in [9.17, 15) is 4.39 Å². The molecule has 0 aliphatic rings. The fourth-order valence-electron chi connectivity index (χ4n) is 2.42. The average Bonchev–Trinajstić information content (AvgIpc) is 2.86. The summed E-state index contributed by atoms with van der Waals surface area (Å²) in [5.74, 6) is 0.311. The molecule has 0 unspecified atom stereocenters. The number of rotatable bonds is 3. The number of aryl methyl sites for hydroxylation is 1. The highest BCUT2D eigenvalue weighted by atomic mass is 19.1. The van der Waals surface area contributed by atoms with E-state index in [4.69, 9.17) is 4.42 Å². The van der Waals surface area contributed by atoms with E-state index in [-0.39, 0.29) is 5.82 Å². The smallest absolute Gasteiger partial charge is 0.138 e. The van der Waals surface area contributed by atoms with E-state index in [1.807, 2.05) is 44.3 Å². The Morgan fingerprint density at radius 1 is 1.15 bits per heavy atom. The predicted molar refractivity (Wildman–Crippen MR) is 79.1 cm³/mol. The van der Waals surface area contributed by atoms with Gasteiger partial charge < -0.3 is 9.73 Å². The molecule has 0 aliphatic carbocycles. The monoisotopic (exact) mass is 269 g/mol. The largest absolute Gasteiger partial charge is 0.456 e. The molecular formula is C17H16FNO. The molecule has 0 bridgehead atoms. The third kappa shape index (κ3) is 2.21. The average molecular weight is 269 g/mol. The summed E-state index contributed by atoms with van der Waals surface area (Å²) in [6, 6.07) is 12.9. The third-order valence-corrected chi connectivity index (χ3v) is 3.42. The highest BCUT2D eigenvalue weighted by Gasteiger charge is 2.12. The van der Waals surface area contributed by atoms with Crippen LogP contribution in [0, 0.1) is 12.7 Å². The van der Waals surface area contributed by atoms with Crippen molar-refractivity contribution in [2.75, 3.05) is 7.05 Å². The van der Waals surface area contributed by atoms with Crippen LogP contribution in [0.25, 0.3) is 22.3 Å². The lowest BCUT2D eigenvalue weighted by molar-refractivity contribution is 0.599. The summed E-state index contributed by atoms with van der Waals surface area (Å²) in [6.45, 7) is 2.69. The Hall–Kier alpha value is -2.13. The van der Waals surface area contributed by atoms with Crippen LogP contribution in [0.5, 0.6) is 0 Å². The van der Waals surface area contributed by atoms with Crippen molar-refractivity contribution in [3.8, 4) is 11.3 Å². The molecule has 20 heavy (non-hydrogen) atoms. The van der Waals surface area contributed by atoms with Crippen LogP contribution >= 0.6 is 0 Å². The van der Waals surface area contributed by atoms with Gasteiger partial charge in [0.25, 0.3) is 0 Å². The minimum atomic E-state index is -0.262. The molecule has 0 amide bonds. The van der Waals surface area contributed by atoms with Crippen molar-refractivity contribution in [1.29, 1.82) is 0 Å². The molecule has 3 aromatic rings. The van der Waals surface area contributed by atoms with Crippen LogP contribution in [0.15, 0.2) is 46.9 Å². The zero-order valence-corrected chi connectivity index (χ0v) is 11.5. The third-order valence-electron chi connectivity index (χ3n) is 3.42. The normalized spacial score (nSPS) is 11.2. The summed E-state index contributed by atoms with van der Waals surface area (Å²) in [5, 5.41) is 4.06. The number of hydrogen-bond acceptors (Lipinski definition) is 2. The molecule has 0 aliphatic heterocycles. The molecule has 0 radical (unpaired) electrons. The van der Waals surface area contributed by atoms with Crippen molar-refractivity contribution < 1.29 is 8.81 Å². The van der Waals surface area contributed by atoms with Gasteiger partial charge in [-0.05, 0) is 43.3 Å². The quantitative estimate of drug-likeness (QED) is 0.768. The zero-order valence-electron chi connectivity index (χ0n) is 11.5. The summed E-state index contributed by atoms with van der Waals surface area (Å²) in [5.41, 5.74) is 3.41. The molecule has 0 saturated carbocycles. The summed E-state index contributed by atoms with van der Waals surface area (Å²) in [4.78, 5) is 0. The van der Waals surface area contributed by atoms with Crippen LogP contribution in [0.4, 0.5) is 4.39 Å². The van der Waals surface area contributed by atoms with Gasteiger partial charge in [0.05, 0.1) is 5.56 Å². The number of benzene rings is 2. The van der Waals surface area contributed by atoms with Crippen molar-refractivity contribution in [1.82, 2.24) is 5.32 Å². The van der Waals surface area contributed by atoms with Crippen LogP contribution in [-0.4, -0.2) is 7.05 Å². The second kappa shape index (κ2) is 5.10. The Balaban J connectivity index is 2.14. The van der Waals surface area contributed by atoms with Crippen LogP contribution in [0.1, 0.15) is 11.1 Å². The highest BCUT2D eigenvalue weighted by molar-refractivity contribution is 5.85. The minimum Gasteiger partial charge on any atom is -0.456 e. The summed E-state index contributed by atoms with van der Waals surface area (Å²) in [6.07, 6.45) is 0. The van der Waals surface area contributed by atoms with E-state index in [0.717, 1.165) is 22.1 Å². The second-order valence-electron chi connectivity index (χ2n) is 4.95. The number of halogens is 1. The van der Waals surface area contributed by atoms with Crippen molar-refractivity contribution in [2.24, 2.45) is 0 Å². The summed E-state index contributed by atoms with van der Waals surface area (Å²) >= 11 is 0. The molecule has 0 spiro atoms. The first-order chi connectivity index (χ1) is 9.69. The van der Waals surface area contributed by atoms with Gasteiger partial charge in [-0.15, -0.1) is 0 Å². The van der Waals surface area contributed by atoms with Crippen LogP contribution in [-0.2, 0) is 6.54 Å². The van der Waals surface area contributed by atoms with Crippen molar-refractivity contribution in [3.05, 3.63) is 59.4 Å². The molecule has 3 heteroatoms. The number of para-hydroxylation sites is 1. The first-order valence-electron chi connectivity index (χ1n) is 6.61. The first kappa shape index (κ1) is 12.9. The first-order valence-corrected chi connectivity index (χ1v) is 6.61. The molecule has 2 nitrogen and oxygen atoms in total. The van der Waals surface area contributed by atoms with Crippen molar-refractivity contribution >= 4 is 11.0 Å². The topological polar surface area (TPSA) is 25.2 Å². The molecule has 1 aromatic heterocycles. The van der Waals surface area contributed by atoms with Crippen LogP contribution in [0.3, 0.4) is 0 Å². The number of nitrogens with one attached hydrogen (secondary N) is 1. The van der Waals surface area contributed by atoms with Gasteiger partial charge >= 0.3 is 0 Å². The maximum Gasteiger partial charge on any atom is 0.138 e. The lowest BCUT2D eigenvalue weighted by atomic mass is 10.1. The number of fused-ring (bicyclic) bond motifs is 1. The van der Waals surface area contributed by atoms with Crippen molar-refractivity contribution in [3.63, 3.8) is 0 Å². The Bertz CT molecular complexity index is 761. The lowest BCUT2D eigenvalue weighted by Crippen LogP contribution is -2.05. The summed E-state index contributed by atoms with van der Waals surface area (Å²) in [7, 11) is 1.87. The lowest BCUT2D eigenvalue weighted by Gasteiger charge is -2.04. The zero-order chi connectivity index (χ0) is 14.1. The number of furan rings is 1. The molecule has 1 heterocycles. The Morgan fingerprint density at radius 3 is 2.75 bits per heavy atom. The predicted octanol–water partition coefficient (Wildman–Crippen LogP) is 4.27. The molecule has 0 atom stereocenters. The van der Waals surface area contributed by atoms with E-state index >= 15 is 0 Å². The summed E-state index contributed by atoms with van der Waals surface area (Å²) < 4.78 is 19.9. The fraction of sp³-hybridized carbons (Fsp3) is 0.176. The number of hydrogen-bond donors (Lipinski definition) is 1. The standard InChI is InChI=1S/C17H16FNO/c1-11-4-3-5-13-9-16(20-17(11)13)14-8-12(10-19-2)6-7-15(14)18/h3-9,19H,10H2,1-2H3. The highest BCUT2D eigenvalue weighted by Crippen LogP contribution is 2.31. The van der Waals surface area contributed by atoms with E-state index in [0.29, 0.717) is 17.9 Å². The van der Waals surface area contributed by atoms with E-state index in [2.05, 4.69) is 5.32 Å². The molecule has 0 saturated heterocycles. The molecule has 2 aromatic carbocycles. The Kier molecular flexibility index (Phi) is 3.28. The van der Waals surface area contributed by atoms with Gasteiger partial charge in [0.15, 0.2) is 0 Å². The van der Waals surface area contributed by atoms with Gasteiger partial charge in [-0.1, -0.05) is 24.3 Å². The molecule has 0 fully saturated rings. The SMILES string of the molecule is CNCc1ccc(F)c(-c2cc3cccc(C)c3o2)c1. The van der Waals surface area contributed by atoms with Gasteiger partial charge in [0, 0.05) is 11.9 Å². The minimum absolute atomic E-state index is 0.262. The fourth-order valence-corrected chi connectivity index (χ4v) is 2.42. The van der Waals surface area contributed by atoms with Crippen LogP contribution < -0.4 is 5.32 Å². The maximum absolute atomic E-state index is 14.0. The Morgan fingerprint density at radius 2 is 2.00 bits per heavy atom. The van der Waals surface area contributed by atoms with E-state index in [1.54, 1.807) is 6.07 Å². The molecular weight excluding hydrogens is 253 g/mol. The van der Waals surface area contributed by atoms with Gasteiger partial charge in [-0.25, -0.2) is 4.39 Å². The molecule has 102 valence electrons. The van der Waals surface area contributed by atoms with E-state index < -0.39 is 0 Å². The van der Waals surface area contributed by atoms with Gasteiger partial charge in [0.1, 0.15) is 17.2 Å². The van der Waals surface area contributed by atoms with Gasteiger partial charge in [0.2, 0.25) is 0 Å². The van der Waals surface area contributed by atoms with Gasteiger partial charge in [-0.3, -0.25) is 0 Å². The maximum atomic E-state index is 14.0. The Labute approximate surface area is 117 Å². The second-order valence-corrected chi connectivity index (χ2v) is 4.95. The van der Waals surface area contributed by atoms with Crippen molar-refractivity contribution in [2.45, 2.75) is 13.5 Å². The van der Waals surface area contributed by atoms with Crippen LogP contribution in [0.2, 0.25) is 0 Å². The molecule has 3 rings (SSSR count). The van der Waals surface area contributed by atoms with Gasteiger partial charge in [-0.2, -0.15) is 0 Å². The van der Waals surface area contributed by atoms with E-state index in [1.165, 1.54) is 6.07 Å². The molecule has 1 N–H and O–H groups in total.